The summed E-state index contributed by atoms with van der Waals surface area (Å²) in [5.74, 6) is 1.34. The van der Waals surface area contributed by atoms with Gasteiger partial charge in [0.25, 0.3) is 0 Å². The van der Waals surface area contributed by atoms with E-state index in [4.69, 9.17) is 5.14 Å². The van der Waals surface area contributed by atoms with E-state index in [1.165, 1.54) is 0 Å². The number of anilines is 1. The van der Waals surface area contributed by atoms with Gasteiger partial charge in [-0.3, -0.25) is 0 Å². The highest BCUT2D eigenvalue weighted by atomic mass is 79.9. The summed E-state index contributed by atoms with van der Waals surface area (Å²) in [5.41, 5.74) is -0.152. The minimum Gasteiger partial charge on any atom is -0.370 e. The van der Waals surface area contributed by atoms with E-state index in [-0.39, 0.29) is 11.2 Å². The van der Waals surface area contributed by atoms with Gasteiger partial charge in [-0.25, -0.2) is 23.5 Å². The number of hydrogen-bond donors (Lipinski definition) is 2. The molecule has 0 fully saturated rings. The van der Waals surface area contributed by atoms with Crippen molar-refractivity contribution >= 4 is 31.8 Å². The Labute approximate surface area is 122 Å². The van der Waals surface area contributed by atoms with Crippen LogP contribution in [0.1, 0.15) is 33.0 Å². The van der Waals surface area contributed by atoms with E-state index >= 15 is 0 Å². The Kier molecular flexibility index (Phi) is 5.28. The monoisotopic (exact) mass is 350 g/mol. The Morgan fingerprint density at radius 1 is 1.37 bits per heavy atom. The van der Waals surface area contributed by atoms with Crippen molar-refractivity contribution < 1.29 is 8.42 Å². The van der Waals surface area contributed by atoms with Gasteiger partial charge in [0.05, 0.1) is 5.75 Å². The van der Waals surface area contributed by atoms with Crippen molar-refractivity contribution in [3.8, 4) is 0 Å². The molecule has 6 nitrogen and oxygen atoms in total. The SMILES string of the molecule is CC(C)(C)c1nc(Br)cc(NCCCS(N)(=O)=O)n1. The molecule has 0 saturated carbocycles. The van der Waals surface area contributed by atoms with Gasteiger partial charge >= 0.3 is 0 Å². The second-order valence-electron chi connectivity index (χ2n) is 5.30. The van der Waals surface area contributed by atoms with Crippen molar-refractivity contribution in [2.24, 2.45) is 5.14 Å². The molecular weight excluding hydrogens is 332 g/mol. The lowest BCUT2D eigenvalue weighted by molar-refractivity contribution is 0.544. The molecule has 8 heteroatoms. The second-order valence-corrected chi connectivity index (χ2v) is 7.84. The molecule has 0 aliphatic rings. The van der Waals surface area contributed by atoms with E-state index in [1.807, 2.05) is 20.8 Å². The molecule has 0 aliphatic heterocycles. The summed E-state index contributed by atoms with van der Waals surface area (Å²) in [6.07, 6.45) is 0.436. The van der Waals surface area contributed by atoms with Crippen LogP contribution in [-0.2, 0) is 15.4 Å². The average Bonchev–Trinajstić information content (AvgIpc) is 2.21. The number of nitrogens with one attached hydrogen (secondary N) is 1. The van der Waals surface area contributed by atoms with Gasteiger partial charge in [-0.05, 0) is 22.4 Å². The van der Waals surface area contributed by atoms with Crippen LogP contribution in [0.15, 0.2) is 10.7 Å². The Morgan fingerprint density at radius 2 is 2.00 bits per heavy atom. The molecule has 1 aromatic rings. The molecule has 0 atom stereocenters. The second kappa shape index (κ2) is 6.15. The highest BCUT2D eigenvalue weighted by Crippen LogP contribution is 2.22. The summed E-state index contributed by atoms with van der Waals surface area (Å²) in [6.45, 7) is 6.57. The standard InChI is InChI=1S/C11H19BrN4O2S/c1-11(2,3)10-15-8(12)7-9(16-10)14-5-4-6-19(13,17)18/h7H,4-6H2,1-3H3,(H2,13,17,18)(H,14,15,16). The van der Waals surface area contributed by atoms with E-state index < -0.39 is 10.0 Å². The van der Waals surface area contributed by atoms with Crippen LogP contribution in [0.4, 0.5) is 5.82 Å². The number of primary sulfonamides is 1. The predicted octanol–water partition coefficient (Wildman–Crippen LogP) is 1.63. The summed E-state index contributed by atoms with van der Waals surface area (Å²) in [7, 11) is -3.40. The quantitative estimate of drug-likeness (QED) is 0.621. The summed E-state index contributed by atoms with van der Waals surface area (Å²) in [6, 6.07) is 1.76. The third kappa shape index (κ3) is 6.31. The van der Waals surface area contributed by atoms with Crippen LogP contribution in [-0.4, -0.2) is 30.7 Å². The molecular formula is C11H19BrN4O2S. The van der Waals surface area contributed by atoms with Crippen LogP contribution in [0.3, 0.4) is 0 Å². The lowest BCUT2D eigenvalue weighted by Gasteiger charge is -2.17. The van der Waals surface area contributed by atoms with Gasteiger partial charge in [-0.1, -0.05) is 20.8 Å². The van der Waals surface area contributed by atoms with Gasteiger partial charge < -0.3 is 5.32 Å². The Hall–Kier alpha value is -0.730. The Morgan fingerprint density at radius 3 is 2.53 bits per heavy atom. The van der Waals surface area contributed by atoms with E-state index in [1.54, 1.807) is 6.07 Å². The van der Waals surface area contributed by atoms with Gasteiger partial charge in [0.2, 0.25) is 10.0 Å². The first-order valence-electron chi connectivity index (χ1n) is 5.87. The smallest absolute Gasteiger partial charge is 0.209 e. The van der Waals surface area contributed by atoms with Crippen LogP contribution in [0.5, 0.6) is 0 Å². The molecule has 0 aliphatic carbocycles. The number of aromatic nitrogens is 2. The maximum Gasteiger partial charge on any atom is 0.209 e. The maximum absolute atomic E-state index is 10.8. The number of halogens is 1. The fraction of sp³-hybridized carbons (Fsp3) is 0.636. The van der Waals surface area contributed by atoms with Crippen LogP contribution < -0.4 is 10.5 Å². The molecule has 0 unspecified atom stereocenters. The molecule has 0 saturated heterocycles. The molecule has 3 N–H and O–H groups in total. The number of rotatable bonds is 5. The summed E-state index contributed by atoms with van der Waals surface area (Å²) >= 11 is 3.34. The zero-order valence-electron chi connectivity index (χ0n) is 11.3. The molecule has 19 heavy (non-hydrogen) atoms. The van der Waals surface area contributed by atoms with Gasteiger partial charge in [0.1, 0.15) is 16.2 Å². The van der Waals surface area contributed by atoms with Crippen LogP contribution in [0.2, 0.25) is 0 Å². The average molecular weight is 351 g/mol. The van der Waals surface area contributed by atoms with Gasteiger partial charge in [0, 0.05) is 18.0 Å². The maximum atomic E-state index is 10.8. The molecule has 0 bridgehead atoms. The molecule has 0 aromatic carbocycles. The lowest BCUT2D eigenvalue weighted by atomic mass is 9.96. The number of hydrogen-bond acceptors (Lipinski definition) is 5. The first kappa shape index (κ1) is 16.3. The van der Waals surface area contributed by atoms with Crippen molar-refractivity contribution in [1.29, 1.82) is 0 Å². The largest absolute Gasteiger partial charge is 0.370 e. The summed E-state index contributed by atoms with van der Waals surface area (Å²) < 4.78 is 22.3. The summed E-state index contributed by atoms with van der Waals surface area (Å²) in [5, 5.41) is 8.00. The first-order chi connectivity index (χ1) is 8.58. The van der Waals surface area contributed by atoms with E-state index in [0.717, 1.165) is 5.82 Å². The first-order valence-corrected chi connectivity index (χ1v) is 8.38. The van der Waals surface area contributed by atoms with Gasteiger partial charge in [-0.15, -0.1) is 0 Å². The Bertz CT molecular complexity index is 540. The van der Waals surface area contributed by atoms with Crippen LogP contribution >= 0.6 is 15.9 Å². The summed E-state index contributed by atoms with van der Waals surface area (Å²) in [4.78, 5) is 8.73. The normalized spacial score (nSPS) is 12.5. The topological polar surface area (TPSA) is 98.0 Å². The van der Waals surface area contributed by atoms with Crippen molar-refractivity contribution in [1.82, 2.24) is 9.97 Å². The Balaban J connectivity index is 2.67. The molecule has 1 rings (SSSR count). The van der Waals surface area contributed by atoms with Crippen LogP contribution in [0, 0.1) is 0 Å². The third-order valence-corrected chi connectivity index (χ3v) is 3.54. The minimum absolute atomic E-state index is 0.0433. The molecule has 0 spiro atoms. The molecule has 1 aromatic heterocycles. The van der Waals surface area contributed by atoms with Gasteiger partial charge in [0.15, 0.2) is 0 Å². The fourth-order valence-electron chi connectivity index (χ4n) is 1.33. The van der Waals surface area contributed by atoms with Gasteiger partial charge in [-0.2, -0.15) is 0 Å². The van der Waals surface area contributed by atoms with E-state index in [9.17, 15) is 8.42 Å². The predicted molar refractivity (Wildman–Crippen MR) is 79.5 cm³/mol. The minimum atomic E-state index is -3.40. The number of nitrogens with two attached hydrogens (primary N) is 1. The highest BCUT2D eigenvalue weighted by Gasteiger charge is 2.18. The fourth-order valence-corrected chi connectivity index (χ4v) is 2.26. The number of nitrogens with zero attached hydrogens (tertiary/aromatic N) is 2. The van der Waals surface area contributed by atoms with Crippen LogP contribution in [0.25, 0.3) is 0 Å². The van der Waals surface area contributed by atoms with Crippen molar-refractivity contribution in [2.75, 3.05) is 17.6 Å². The van der Waals surface area contributed by atoms with Crippen molar-refractivity contribution in [3.63, 3.8) is 0 Å². The molecule has 0 amide bonds. The number of sulfonamides is 1. The zero-order valence-corrected chi connectivity index (χ0v) is 13.7. The lowest BCUT2D eigenvalue weighted by Crippen LogP contribution is -2.20. The van der Waals surface area contributed by atoms with E-state index in [2.05, 4.69) is 31.2 Å². The highest BCUT2D eigenvalue weighted by molar-refractivity contribution is 9.10. The zero-order chi connectivity index (χ0) is 14.7. The van der Waals surface area contributed by atoms with Crippen molar-refractivity contribution in [3.05, 3.63) is 16.5 Å². The molecule has 0 radical (unpaired) electrons. The molecule has 1 heterocycles. The third-order valence-electron chi connectivity index (χ3n) is 2.28. The van der Waals surface area contributed by atoms with Crippen molar-refractivity contribution in [2.45, 2.75) is 32.6 Å². The molecule has 108 valence electrons. The van der Waals surface area contributed by atoms with E-state index in [0.29, 0.717) is 23.4 Å².